The van der Waals surface area contributed by atoms with E-state index in [0.29, 0.717) is 25.8 Å². The number of carbonyl (C=O) groups is 4. The standard InChI is InChI=1S/C17H33N3O5.C7H14O2/c1-16(2,3)24-13(21)11-19-15(23)20-12(9-7-8-10-18)14(22)25-17(4,5)6;1-5-6(8)9-7(2,3)4/h12H,7-11,18H2,1-6H3,(H2,19,20,23);5H2,1-4H3. The molecule has 10 nitrogen and oxygen atoms in total. The lowest BCUT2D eigenvalue weighted by molar-refractivity contribution is -0.157. The highest BCUT2D eigenvalue weighted by molar-refractivity contribution is 5.85. The fourth-order valence-corrected chi connectivity index (χ4v) is 2.27. The number of hydrogen-bond donors (Lipinski definition) is 3. The molecule has 0 heterocycles. The highest BCUT2D eigenvalue weighted by atomic mass is 16.6. The molecule has 0 saturated heterocycles. The Balaban J connectivity index is 0. The minimum atomic E-state index is -0.801. The Morgan fingerprint density at radius 3 is 1.62 bits per heavy atom. The van der Waals surface area contributed by atoms with Crippen LogP contribution in [0.1, 0.15) is 94.9 Å². The van der Waals surface area contributed by atoms with Crippen molar-refractivity contribution in [1.82, 2.24) is 10.6 Å². The first-order valence-electron chi connectivity index (χ1n) is 11.7. The summed E-state index contributed by atoms with van der Waals surface area (Å²) in [5.41, 5.74) is 3.85. The van der Waals surface area contributed by atoms with E-state index in [0.717, 1.165) is 6.42 Å². The number of nitrogens with one attached hydrogen (secondary N) is 2. The molecule has 0 aliphatic carbocycles. The molecule has 0 aromatic heterocycles. The minimum Gasteiger partial charge on any atom is -0.460 e. The van der Waals surface area contributed by atoms with Crippen molar-refractivity contribution < 1.29 is 33.4 Å². The van der Waals surface area contributed by atoms with Crippen LogP contribution in [-0.4, -0.2) is 59.9 Å². The molecule has 0 aromatic carbocycles. The van der Waals surface area contributed by atoms with Crippen molar-refractivity contribution in [3.8, 4) is 0 Å². The molecule has 2 amide bonds. The number of carbonyl (C=O) groups excluding carboxylic acids is 4. The molecule has 0 rings (SSSR count). The Labute approximate surface area is 205 Å². The molecule has 200 valence electrons. The van der Waals surface area contributed by atoms with Crippen molar-refractivity contribution in [2.75, 3.05) is 13.1 Å². The second kappa shape index (κ2) is 15.5. The van der Waals surface area contributed by atoms with Crippen molar-refractivity contribution in [3.63, 3.8) is 0 Å². The van der Waals surface area contributed by atoms with E-state index in [9.17, 15) is 19.2 Å². The third-order valence-electron chi connectivity index (χ3n) is 3.47. The summed E-state index contributed by atoms with van der Waals surface area (Å²) in [7, 11) is 0. The van der Waals surface area contributed by atoms with E-state index in [4.69, 9.17) is 19.9 Å². The van der Waals surface area contributed by atoms with Gasteiger partial charge in [-0.15, -0.1) is 0 Å². The van der Waals surface area contributed by atoms with Crippen LogP contribution in [0.3, 0.4) is 0 Å². The molecule has 0 saturated carbocycles. The number of urea groups is 1. The van der Waals surface area contributed by atoms with E-state index >= 15 is 0 Å². The Hall–Kier alpha value is -2.36. The van der Waals surface area contributed by atoms with E-state index in [1.807, 2.05) is 20.8 Å². The van der Waals surface area contributed by atoms with Gasteiger partial charge in [-0.3, -0.25) is 9.59 Å². The number of nitrogens with two attached hydrogens (primary N) is 1. The van der Waals surface area contributed by atoms with Gasteiger partial charge in [-0.25, -0.2) is 9.59 Å². The average Bonchev–Trinajstić information content (AvgIpc) is 2.62. The molecule has 10 heteroatoms. The lowest BCUT2D eigenvalue weighted by Gasteiger charge is -2.25. The third-order valence-corrected chi connectivity index (χ3v) is 3.47. The van der Waals surface area contributed by atoms with E-state index in [-0.39, 0.29) is 18.1 Å². The second-order valence-corrected chi connectivity index (χ2v) is 10.7. The van der Waals surface area contributed by atoms with E-state index in [2.05, 4.69) is 10.6 Å². The molecule has 0 spiro atoms. The van der Waals surface area contributed by atoms with Gasteiger partial charge in [0, 0.05) is 6.42 Å². The summed E-state index contributed by atoms with van der Waals surface area (Å²) in [4.78, 5) is 46.4. The van der Waals surface area contributed by atoms with Gasteiger partial charge in [0.25, 0.3) is 0 Å². The summed E-state index contributed by atoms with van der Waals surface area (Å²) >= 11 is 0. The summed E-state index contributed by atoms with van der Waals surface area (Å²) in [5.74, 6) is -1.21. The van der Waals surface area contributed by atoms with E-state index < -0.39 is 35.2 Å². The summed E-state index contributed by atoms with van der Waals surface area (Å²) < 4.78 is 15.4. The summed E-state index contributed by atoms with van der Waals surface area (Å²) in [5, 5.41) is 4.93. The van der Waals surface area contributed by atoms with Crippen LogP contribution in [0.2, 0.25) is 0 Å². The summed E-state index contributed by atoms with van der Waals surface area (Å²) in [6, 6.07) is -1.43. The molecule has 1 atom stereocenters. The maximum absolute atomic E-state index is 12.2. The maximum atomic E-state index is 12.2. The molecule has 0 aliphatic rings. The van der Waals surface area contributed by atoms with Gasteiger partial charge in [0.15, 0.2) is 0 Å². The number of ether oxygens (including phenoxy) is 3. The van der Waals surface area contributed by atoms with Crippen molar-refractivity contribution in [2.45, 2.75) is 118 Å². The molecule has 1 unspecified atom stereocenters. The topological polar surface area (TPSA) is 146 Å². The van der Waals surface area contributed by atoms with Gasteiger partial charge in [0.2, 0.25) is 0 Å². The summed E-state index contributed by atoms with van der Waals surface area (Å²) in [6.07, 6.45) is 2.27. The van der Waals surface area contributed by atoms with Crippen LogP contribution < -0.4 is 16.4 Å². The molecule has 34 heavy (non-hydrogen) atoms. The van der Waals surface area contributed by atoms with Gasteiger partial charge in [0.1, 0.15) is 29.4 Å². The highest BCUT2D eigenvalue weighted by Crippen LogP contribution is 2.11. The van der Waals surface area contributed by atoms with Crippen LogP contribution in [0.25, 0.3) is 0 Å². The smallest absolute Gasteiger partial charge is 0.329 e. The number of amides is 2. The Morgan fingerprint density at radius 2 is 1.24 bits per heavy atom. The van der Waals surface area contributed by atoms with Gasteiger partial charge >= 0.3 is 23.9 Å². The zero-order valence-electron chi connectivity index (χ0n) is 22.8. The Kier molecular flexibility index (Phi) is 15.4. The third kappa shape index (κ3) is 22.8. The van der Waals surface area contributed by atoms with Crippen LogP contribution in [0.5, 0.6) is 0 Å². The second-order valence-electron chi connectivity index (χ2n) is 10.7. The predicted octanol–water partition coefficient (Wildman–Crippen LogP) is 3.20. The first-order chi connectivity index (χ1) is 15.3. The number of esters is 3. The Morgan fingerprint density at radius 1 is 0.765 bits per heavy atom. The molecular weight excluding hydrogens is 442 g/mol. The van der Waals surface area contributed by atoms with Crippen molar-refractivity contribution in [2.24, 2.45) is 5.73 Å². The van der Waals surface area contributed by atoms with Gasteiger partial charge in [0.05, 0.1) is 0 Å². The molecular formula is C24H47N3O7. The first kappa shape index (κ1) is 33.8. The van der Waals surface area contributed by atoms with Crippen molar-refractivity contribution >= 4 is 23.9 Å². The zero-order valence-corrected chi connectivity index (χ0v) is 22.8. The van der Waals surface area contributed by atoms with E-state index in [1.165, 1.54) is 0 Å². The van der Waals surface area contributed by atoms with Crippen LogP contribution >= 0.6 is 0 Å². The van der Waals surface area contributed by atoms with E-state index in [1.54, 1.807) is 48.5 Å². The minimum absolute atomic E-state index is 0.137. The maximum Gasteiger partial charge on any atom is 0.329 e. The number of unbranched alkanes of at least 4 members (excludes halogenated alkanes) is 1. The lowest BCUT2D eigenvalue weighted by atomic mass is 10.1. The molecule has 0 aromatic rings. The Bertz CT molecular complexity index is 644. The van der Waals surface area contributed by atoms with Gasteiger partial charge in [-0.05, 0) is 88.1 Å². The predicted molar refractivity (Wildman–Crippen MR) is 131 cm³/mol. The largest absolute Gasteiger partial charge is 0.460 e. The normalized spacial score (nSPS) is 12.4. The first-order valence-corrected chi connectivity index (χ1v) is 11.7. The zero-order chi connectivity index (χ0) is 27.2. The molecule has 0 radical (unpaired) electrons. The van der Waals surface area contributed by atoms with Crippen LogP contribution in [0.4, 0.5) is 4.79 Å². The monoisotopic (exact) mass is 489 g/mol. The molecule has 4 N–H and O–H groups in total. The van der Waals surface area contributed by atoms with Crippen LogP contribution in [-0.2, 0) is 28.6 Å². The lowest BCUT2D eigenvalue weighted by Crippen LogP contribution is -2.49. The van der Waals surface area contributed by atoms with Crippen LogP contribution in [0.15, 0.2) is 0 Å². The van der Waals surface area contributed by atoms with Gasteiger partial charge in [-0.1, -0.05) is 6.92 Å². The SMILES string of the molecule is CC(C)(C)OC(=O)CNC(=O)NC(CCCCN)C(=O)OC(C)(C)C.CCC(=O)OC(C)(C)C. The van der Waals surface area contributed by atoms with Gasteiger partial charge < -0.3 is 30.6 Å². The highest BCUT2D eigenvalue weighted by Gasteiger charge is 2.26. The number of hydrogen-bond acceptors (Lipinski definition) is 8. The fraction of sp³-hybridized carbons (Fsp3) is 0.833. The molecule has 0 fully saturated rings. The van der Waals surface area contributed by atoms with Crippen molar-refractivity contribution in [3.05, 3.63) is 0 Å². The summed E-state index contributed by atoms with van der Waals surface area (Å²) in [6.45, 7) is 18.1. The van der Waals surface area contributed by atoms with Gasteiger partial charge in [-0.2, -0.15) is 0 Å². The average molecular weight is 490 g/mol. The number of rotatable bonds is 9. The van der Waals surface area contributed by atoms with Crippen molar-refractivity contribution in [1.29, 1.82) is 0 Å². The molecule has 0 aliphatic heterocycles. The molecule has 0 bridgehead atoms. The quantitative estimate of drug-likeness (QED) is 0.254. The van der Waals surface area contributed by atoms with Crippen LogP contribution in [0, 0.1) is 0 Å². The fourth-order valence-electron chi connectivity index (χ4n) is 2.27.